The number of unbranched alkanes of at least 4 members (excludes halogenated alkanes) is 22. The summed E-state index contributed by atoms with van der Waals surface area (Å²) in [6, 6.07) is 0. The van der Waals surface area contributed by atoms with Gasteiger partial charge in [0, 0.05) is 13.2 Å². The van der Waals surface area contributed by atoms with Gasteiger partial charge in [0.1, 0.15) is 12.6 Å². The van der Waals surface area contributed by atoms with Crippen LogP contribution in [-0.4, -0.2) is 58.1 Å². The molecule has 0 aliphatic rings. The molecule has 0 aliphatic carbocycles. The Morgan fingerprint density at radius 3 is 1.19 bits per heavy atom. The summed E-state index contributed by atoms with van der Waals surface area (Å²) in [4.78, 5) is 0. The summed E-state index contributed by atoms with van der Waals surface area (Å²) in [7, 11) is 6.76. The maximum Gasteiger partial charge on any atom is 0.130 e. The molecule has 0 saturated carbocycles. The Hall–Kier alpha value is -0.640. The minimum Gasteiger partial charge on any atom is -0.379 e. The molecule has 0 rings (SSSR count). The Bertz CT molecular complexity index is 580. The second-order valence-electron chi connectivity index (χ2n) is 14.2. The SMILES string of the molecule is CCCCCCCC=CCCCCCCCCOCC(C[N+](C)(C)C)OCCCCCCCCC=CCCCCCCC. The Morgan fingerprint density at radius 2 is 0.791 bits per heavy atom. The Morgan fingerprint density at radius 1 is 0.442 bits per heavy atom. The van der Waals surface area contributed by atoms with Gasteiger partial charge in [0.05, 0.1) is 27.7 Å². The van der Waals surface area contributed by atoms with Gasteiger partial charge >= 0.3 is 0 Å². The molecule has 0 fully saturated rings. The molecule has 3 nitrogen and oxygen atoms in total. The first-order valence-electron chi connectivity index (χ1n) is 19.3. The number of likely N-dealkylation sites (N-methyl/N-ethyl adjacent to an activating group) is 1. The molecule has 1 unspecified atom stereocenters. The molecule has 43 heavy (non-hydrogen) atoms. The summed E-state index contributed by atoms with van der Waals surface area (Å²) in [5, 5.41) is 0. The molecule has 0 N–H and O–H groups in total. The number of hydrogen-bond donors (Lipinski definition) is 0. The fourth-order valence-corrected chi connectivity index (χ4v) is 5.68. The molecule has 0 spiro atoms. The van der Waals surface area contributed by atoms with Gasteiger partial charge in [-0.15, -0.1) is 0 Å². The third-order valence-corrected chi connectivity index (χ3v) is 8.37. The van der Waals surface area contributed by atoms with Gasteiger partial charge < -0.3 is 14.0 Å². The van der Waals surface area contributed by atoms with Crippen LogP contribution in [0.1, 0.15) is 181 Å². The molecule has 0 radical (unpaired) electrons. The zero-order chi connectivity index (χ0) is 31.5. The van der Waals surface area contributed by atoms with E-state index in [9.17, 15) is 0 Å². The van der Waals surface area contributed by atoms with Gasteiger partial charge in [0.15, 0.2) is 0 Å². The van der Waals surface area contributed by atoms with Gasteiger partial charge in [-0.3, -0.25) is 0 Å². The summed E-state index contributed by atoms with van der Waals surface area (Å²) in [5.74, 6) is 0. The molecule has 0 aromatic carbocycles. The number of ether oxygens (including phenoxy) is 2. The van der Waals surface area contributed by atoms with E-state index in [0.717, 1.165) is 30.8 Å². The second-order valence-corrected chi connectivity index (χ2v) is 14.2. The predicted molar refractivity (Wildman–Crippen MR) is 193 cm³/mol. The molecule has 0 aliphatic heterocycles. The normalized spacial score (nSPS) is 13.1. The van der Waals surface area contributed by atoms with E-state index in [1.807, 2.05) is 0 Å². The van der Waals surface area contributed by atoms with Crippen LogP contribution in [-0.2, 0) is 9.47 Å². The van der Waals surface area contributed by atoms with Crippen LogP contribution in [0, 0.1) is 0 Å². The molecule has 0 bridgehead atoms. The van der Waals surface area contributed by atoms with E-state index in [4.69, 9.17) is 9.47 Å². The van der Waals surface area contributed by atoms with E-state index in [0.29, 0.717) is 0 Å². The fourth-order valence-electron chi connectivity index (χ4n) is 5.68. The lowest BCUT2D eigenvalue weighted by Crippen LogP contribution is -2.44. The monoisotopic (exact) mass is 607 g/mol. The fraction of sp³-hybridized carbons (Fsp3) is 0.900. The van der Waals surface area contributed by atoms with Crippen molar-refractivity contribution in [2.75, 3.05) is 47.5 Å². The third kappa shape index (κ3) is 37.5. The summed E-state index contributed by atoms with van der Waals surface area (Å²) >= 11 is 0. The van der Waals surface area contributed by atoms with E-state index in [1.165, 1.54) is 167 Å². The van der Waals surface area contributed by atoms with E-state index >= 15 is 0 Å². The van der Waals surface area contributed by atoms with Crippen LogP contribution in [0.3, 0.4) is 0 Å². The minimum atomic E-state index is 0.211. The van der Waals surface area contributed by atoms with Gasteiger partial charge in [0.2, 0.25) is 0 Å². The van der Waals surface area contributed by atoms with Crippen molar-refractivity contribution in [1.82, 2.24) is 0 Å². The van der Waals surface area contributed by atoms with Crippen molar-refractivity contribution in [1.29, 1.82) is 0 Å². The topological polar surface area (TPSA) is 18.5 Å². The molecule has 0 heterocycles. The molecule has 0 aromatic rings. The van der Waals surface area contributed by atoms with Crippen LogP contribution >= 0.6 is 0 Å². The highest BCUT2D eigenvalue weighted by atomic mass is 16.5. The Kier molecular flexibility index (Phi) is 33.7. The van der Waals surface area contributed by atoms with Crippen molar-refractivity contribution < 1.29 is 14.0 Å². The molecule has 0 saturated heterocycles. The lowest BCUT2D eigenvalue weighted by atomic mass is 10.1. The zero-order valence-corrected chi connectivity index (χ0v) is 30.4. The largest absolute Gasteiger partial charge is 0.379 e. The Balaban J connectivity index is 3.64. The number of quaternary nitrogens is 1. The lowest BCUT2D eigenvalue weighted by molar-refractivity contribution is -0.873. The highest BCUT2D eigenvalue weighted by Gasteiger charge is 2.19. The second kappa shape index (κ2) is 34.2. The van der Waals surface area contributed by atoms with Crippen LogP contribution in [0.5, 0.6) is 0 Å². The molecule has 3 heteroatoms. The quantitative estimate of drug-likeness (QED) is 0.0406. The van der Waals surface area contributed by atoms with E-state index in [-0.39, 0.29) is 6.10 Å². The summed E-state index contributed by atoms with van der Waals surface area (Å²) in [6.45, 7) is 8.09. The third-order valence-electron chi connectivity index (χ3n) is 8.37. The highest BCUT2D eigenvalue weighted by molar-refractivity contribution is 4.82. The van der Waals surface area contributed by atoms with E-state index in [2.05, 4.69) is 59.3 Å². The average molecular weight is 607 g/mol. The van der Waals surface area contributed by atoms with Gasteiger partial charge in [-0.1, -0.05) is 141 Å². The molecule has 256 valence electrons. The van der Waals surface area contributed by atoms with Gasteiger partial charge in [-0.2, -0.15) is 0 Å². The molecular formula is C40H80NO2+. The Labute approximate surface area is 272 Å². The van der Waals surface area contributed by atoms with Gasteiger partial charge in [-0.25, -0.2) is 0 Å². The number of rotatable bonds is 35. The van der Waals surface area contributed by atoms with Crippen LogP contribution in [0.2, 0.25) is 0 Å². The average Bonchev–Trinajstić information content (AvgIpc) is 2.97. The number of allylic oxidation sites excluding steroid dienone is 4. The zero-order valence-electron chi connectivity index (χ0n) is 30.4. The first-order chi connectivity index (χ1) is 21.0. The number of nitrogens with zero attached hydrogens (tertiary/aromatic N) is 1. The molecule has 0 amide bonds. The maximum absolute atomic E-state index is 6.31. The van der Waals surface area contributed by atoms with Crippen molar-refractivity contribution in [3.63, 3.8) is 0 Å². The minimum absolute atomic E-state index is 0.211. The summed E-state index contributed by atoms with van der Waals surface area (Å²) in [5.41, 5.74) is 0. The first kappa shape index (κ1) is 42.4. The summed E-state index contributed by atoms with van der Waals surface area (Å²) < 4.78 is 13.3. The number of hydrogen-bond acceptors (Lipinski definition) is 2. The van der Waals surface area contributed by atoms with Gasteiger partial charge in [0.25, 0.3) is 0 Å². The standard InChI is InChI=1S/C40H80NO2/c1-6-8-10-12-14-16-18-20-22-24-26-28-30-32-34-36-42-39-40(38-41(3,4)5)43-37-35-33-31-29-27-25-23-21-19-17-15-13-11-9-7-2/h18-21,40H,6-17,22-39H2,1-5H3/q+1. The van der Waals surface area contributed by atoms with Crippen molar-refractivity contribution in [3.05, 3.63) is 24.3 Å². The van der Waals surface area contributed by atoms with E-state index < -0.39 is 0 Å². The van der Waals surface area contributed by atoms with Crippen molar-refractivity contribution in [3.8, 4) is 0 Å². The smallest absolute Gasteiger partial charge is 0.130 e. The highest BCUT2D eigenvalue weighted by Crippen LogP contribution is 2.12. The van der Waals surface area contributed by atoms with Crippen LogP contribution in [0.25, 0.3) is 0 Å². The van der Waals surface area contributed by atoms with Crippen LogP contribution in [0.4, 0.5) is 0 Å². The molecular weight excluding hydrogens is 526 g/mol. The molecule has 0 aromatic heterocycles. The summed E-state index contributed by atoms with van der Waals surface area (Å²) in [6.07, 6.45) is 44.7. The van der Waals surface area contributed by atoms with Crippen molar-refractivity contribution >= 4 is 0 Å². The lowest BCUT2D eigenvalue weighted by Gasteiger charge is -2.29. The van der Waals surface area contributed by atoms with Crippen LogP contribution in [0.15, 0.2) is 24.3 Å². The van der Waals surface area contributed by atoms with E-state index in [1.54, 1.807) is 0 Å². The van der Waals surface area contributed by atoms with Crippen molar-refractivity contribution in [2.24, 2.45) is 0 Å². The maximum atomic E-state index is 6.31. The molecule has 1 atom stereocenters. The predicted octanol–water partition coefficient (Wildman–Crippen LogP) is 12.4. The van der Waals surface area contributed by atoms with Crippen molar-refractivity contribution in [2.45, 2.75) is 187 Å². The van der Waals surface area contributed by atoms with Crippen LogP contribution < -0.4 is 0 Å². The van der Waals surface area contributed by atoms with Gasteiger partial charge in [-0.05, 0) is 64.2 Å². The first-order valence-corrected chi connectivity index (χ1v) is 19.3.